The predicted octanol–water partition coefficient (Wildman–Crippen LogP) is 1.06. The van der Waals surface area contributed by atoms with Crippen molar-refractivity contribution in [3.8, 4) is 0 Å². The highest BCUT2D eigenvalue weighted by Gasteiger charge is 2.49. The van der Waals surface area contributed by atoms with Crippen molar-refractivity contribution in [2.45, 2.75) is 24.9 Å². The van der Waals surface area contributed by atoms with Gasteiger partial charge >= 0.3 is 0 Å². The normalized spacial score (nSPS) is 18.3. The van der Waals surface area contributed by atoms with Gasteiger partial charge in [-0.3, -0.25) is 10.1 Å². The van der Waals surface area contributed by atoms with Crippen LogP contribution in [0.25, 0.3) is 0 Å². The Morgan fingerprint density at radius 3 is 2.61 bits per heavy atom. The van der Waals surface area contributed by atoms with Crippen LogP contribution in [-0.2, 0) is 16.1 Å². The Morgan fingerprint density at radius 2 is 2.11 bits per heavy atom. The number of ether oxygens (including phenoxy) is 1. The number of hydrogen-bond acceptors (Lipinski definition) is 3. The Balaban J connectivity index is 2.07. The second kappa shape index (κ2) is 5.50. The van der Waals surface area contributed by atoms with Crippen molar-refractivity contribution in [2.24, 2.45) is 11.7 Å². The van der Waals surface area contributed by atoms with E-state index in [0.29, 0.717) is 19.1 Å². The summed E-state index contributed by atoms with van der Waals surface area (Å²) >= 11 is 0. The lowest BCUT2D eigenvalue weighted by molar-refractivity contribution is -0.127. The highest BCUT2D eigenvalue weighted by Crippen LogP contribution is 2.40. The van der Waals surface area contributed by atoms with E-state index in [-0.39, 0.29) is 5.91 Å². The van der Waals surface area contributed by atoms with E-state index >= 15 is 0 Å². The second-order valence-electron chi connectivity index (χ2n) is 4.88. The molecule has 1 aromatic carbocycles. The number of amides is 1. The fraction of sp³-hybridized carbons (Fsp3) is 0.500. The molecule has 0 bridgehead atoms. The molecule has 1 aliphatic rings. The average Bonchev–Trinajstić information content (AvgIpc) is 3.20. The molecule has 4 nitrogen and oxygen atoms in total. The fourth-order valence-corrected chi connectivity index (χ4v) is 2.33. The SMILES string of the molecule is COCC(NCc1ccccc1)(C(N)=O)C1CC1. The van der Waals surface area contributed by atoms with Gasteiger partial charge in [-0.1, -0.05) is 30.3 Å². The molecule has 1 aliphatic carbocycles. The molecule has 1 fully saturated rings. The summed E-state index contributed by atoms with van der Waals surface area (Å²) in [6.07, 6.45) is 2.07. The Morgan fingerprint density at radius 1 is 1.44 bits per heavy atom. The Bertz CT molecular complexity index is 404. The smallest absolute Gasteiger partial charge is 0.240 e. The molecule has 0 saturated heterocycles. The van der Waals surface area contributed by atoms with Crippen LogP contribution in [0.4, 0.5) is 0 Å². The van der Waals surface area contributed by atoms with E-state index in [1.807, 2.05) is 30.3 Å². The van der Waals surface area contributed by atoms with Crippen LogP contribution < -0.4 is 11.1 Å². The van der Waals surface area contributed by atoms with Gasteiger partial charge in [0.05, 0.1) is 6.61 Å². The zero-order valence-corrected chi connectivity index (χ0v) is 10.7. The molecular formula is C14H20N2O2. The zero-order chi connectivity index (χ0) is 13.0. The third kappa shape index (κ3) is 2.71. The monoisotopic (exact) mass is 248 g/mol. The first kappa shape index (κ1) is 13.1. The highest BCUT2D eigenvalue weighted by atomic mass is 16.5. The van der Waals surface area contributed by atoms with Crippen LogP contribution in [0, 0.1) is 5.92 Å². The summed E-state index contributed by atoms with van der Waals surface area (Å²) in [5.74, 6) is -0.0126. The predicted molar refractivity (Wildman–Crippen MR) is 69.8 cm³/mol. The molecule has 3 N–H and O–H groups in total. The van der Waals surface area contributed by atoms with Gasteiger partial charge < -0.3 is 10.5 Å². The van der Waals surface area contributed by atoms with Gasteiger partial charge in [-0.25, -0.2) is 0 Å². The minimum Gasteiger partial charge on any atom is -0.382 e. The van der Waals surface area contributed by atoms with Gasteiger partial charge in [-0.15, -0.1) is 0 Å². The van der Waals surface area contributed by atoms with Gasteiger partial charge in [0.2, 0.25) is 5.91 Å². The van der Waals surface area contributed by atoms with Crippen LogP contribution in [0.3, 0.4) is 0 Å². The Kier molecular flexibility index (Phi) is 3.99. The Hall–Kier alpha value is -1.39. The largest absolute Gasteiger partial charge is 0.382 e. The highest BCUT2D eigenvalue weighted by molar-refractivity contribution is 5.85. The molecule has 0 spiro atoms. The number of nitrogens with two attached hydrogens (primary N) is 1. The lowest BCUT2D eigenvalue weighted by atomic mass is 9.92. The molecule has 4 heteroatoms. The Labute approximate surface area is 108 Å². The summed E-state index contributed by atoms with van der Waals surface area (Å²) in [4.78, 5) is 11.8. The third-order valence-corrected chi connectivity index (χ3v) is 3.54. The summed E-state index contributed by atoms with van der Waals surface area (Å²) in [5.41, 5.74) is 6.00. The lowest BCUT2D eigenvalue weighted by Crippen LogP contribution is -2.60. The quantitative estimate of drug-likeness (QED) is 0.758. The first-order chi connectivity index (χ1) is 8.69. The van der Waals surface area contributed by atoms with Crippen LogP contribution in [0.5, 0.6) is 0 Å². The molecule has 2 rings (SSSR count). The van der Waals surface area contributed by atoms with E-state index in [1.165, 1.54) is 0 Å². The molecule has 1 amide bonds. The second-order valence-corrected chi connectivity index (χ2v) is 4.88. The summed E-state index contributed by atoms with van der Waals surface area (Å²) in [7, 11) is 1.60. The van der Waals surface area contributed by atoms with Gasteiger partial charge in [0.1, 0.15) is 5.54 Å². The summed E-state index contributed by atoms with van der Waals surface area (Å²) in [5, 5.41) is 3.31. The molecule has 1 aromatic rings. The van der Waals surface area contributed by atoms with Crippen molar-refractivity contribution < 1.29 is 9.53 Å². The van der Waals surface area contributed by atoms with Crippen molar-refractivity contribution in [3.05, 3.63) is 35.9 Å². The fourth-order valence-electron chi connectivity index (χ4n) is 2.33. The van der Waals surface area contributed by atoms with Crippen molar-refractivity contribution in [1.29, 1.82) is 0 Å². The standard InChI is InChI=1S/C14H20N2O2/c1-18-10-14(13(15)17,12-7-8-12)16-9-11-5-3-2-4-6-11/h2-6,12,16H,7-10H2,1H3,(H2,15,17). The van der Waals surface area contributed by atoms with Crippen LogP contribution >= 0.6 is 0 Å². The topological polar surface area (TPSA) is 64.3 Å². The van der Waals surface area contributed by atoms with Crippen molar-refractivity contribution in [1.82, 2.24) is 5.32 Å². The lowest BCUT2D eigenvalue weighted by Gasteiger charge is -2.31. The van der Waals surface area contributed by atoms with Crippen LogP contribution in [0.15, 0.2) is 30.3 Å². The number of carbonyl (C=O) groups is 1. The van der Waals surface area contributed by atoms with Crippen LogP contribution in [0.2, 0.25) is 0 Å². The molecule has 0 aliphatic heterocycles. The van der Waals surface area contributed by atoms with Gasteiger partial charge in [0.25, 0.3) is 0 Å². The summed E-state index contributed by atoms with van der Waals surface area (Å²) in [6.45, 7) is 0.962. The van der Waals surface area contributed by atoms with Gasteiger partial charge in [0, 0.05) is 13.7 Å². The maximum Gasteiger partial charge on any atom is 0.240 e. The van der Waals surface area contributed by atoms with Crippen molar-refractivity contribution in [2.75, 3.05) is 13.7 Å². The molecule has 1 atom stereocenters. The first-order valence-corrected chi connectivity index (χ1v) is 6.27. The van der Waals surface area contributed by atoms with Crippen molar-refractivity contribution >= 4 is 5.91 Å². The maximum atomic E-state index is 11.8. The molecule has 1 saturated carbocycles. The van der Waals surface area contributed by atoms with E-state index in [2.05, 4.69) is 5.32 Å². The number of benzene rings is 1. The van der Waals surface area contributed by atoms with Gasteiger partial charge in [0.15, 0.2) is 0 Å². The third-order valence-electron chi connectivity index (χ3n) is 3.54. The minimum absolute atomic E-state index is 0.304. The molecule has 0 radical (unpaired) electrons. The molecule has 18 heavy (non-hydrogen) atoms. The number of nitrogens with one attached hydrogen (secondary N) is 1. The van der Waals surface area contributed by atoms with E-state index in [1.54, 1.807) is 7.11 Å². The number of carbonyl (C=O) groups excluding carboxylic acids is 1. The van der Waals surface area contributed by atoms with Crippen LogP contribution in [-0.4, -0.2) is 25.2 Å². The van der Waals surface area contributed by atoms with Gasteiger partial charge in [-0.2, -0.15) is 0 Å². The molecule has 0 heterocycles. The minimum atomic E-state index is -0.718. The number of methoxy groups -OCH3 is 1. The van der Waals surface area contributed by atoms with Crippen molar-refractivity contribution in [3.63, 3.8) is 0 Å². The van der Waals surface area contributed by atoms with E-state index in [9.17, 15) is 4.79 Å². The molecule has 1 unspecified atom stereocenters. The van der Waals surface area contributed by atoms with E-state index in [4.69, 9.17) is 10.5 Å². The number of hydrogen-bond donors (Lipinski definition) is 2. The maximum absolute atomic E-state index is 11.8. The number of primary amides is 1. The van der Waals surface area contributed by atoms with Crippen LogP contribution in [0.1, 0.15) is 18.4 Å². The number of rotatable bonds is 7. The molecule has 98 valence electrons. The van der Waals surface area contributed by atoms with Gasteiger partial charge in [-0.05, 0) is 24.3 Å². The summed E-state index contributed by atoms with van der Waals surface area (Å²) < 4.78 is 5.20. The molecular weight excluding hydrogens is 228 g/mol. The first-order valence-electron chi connectivity index (χ1n) is 6.27. The van der Waals surface area contributed by atoms with E-state index < -0.39 is 5.54 Å². The summed E-state index contributed by atoms with van der Waals surface area (Å²) in [6, 6.07) is 9.99. The molecule has 0 aromatic heterocycles. The average molecular weight is 248 g/mol. The van der Waals surface area contributed by atoms with E-state index in [0.717, 1.165) is 18.4 Å². The zero-order valence-electron chi connectivity index (χ0n) is 10.7.